The van der Waals surface area contributed by atoms with Crippen molar-refractivity contribution in [1.29, 1.82) is 0 Å². The Hall–Kier alpha value is -1.59. The van der Waals surface area contributed by atoms with Crippen LogP contribution < -0.4 is 0 Å². The predicted molar refractivity (Wildman–Crippen MR) is 261 cm³/mol. The van der Waals surface area contributed by atoms with Crippen LogP contribution in [0.1, 0.15) is 310 Å². The summed E-state index contributed by atoms with van der Waals surface area (Å²) in [5.41, 5.74) is 0. The van der Waals surface area contributed by atoms with Crippen LogP contribution in [0.15, 0.2) is 0 Å². The van der Waals surface area contributed by atoms with E-state index in [2.05, 4.69) is 27.7 Å². The van der Waals surface area contributed by atoms with Crippen LogP contribution in [0.4, 0.5) is 0 Å². The molecule has 0 radical (unpaired) electrons. The van der Waals surface area contributed by atoms with Gasteiger partial charge in [0.25, 0.3) is 0 Å². The average Bonchev–Trinajstić information content (AvgIpc) is 3.24. The maximum atomic E-state index is 12.7. The van der Waals surface area contributed by atoms with Crippen molar-refractivity contribution >= 4 is 17.9 Å². The summed E-state index contributed by atoms with van der Waals surface area (Å²) in [4.78, 5) is 37.9. The number of unbranched alkanes of at least 4 members (excludes halogenated alkanes) is 37. The van der Waals surface area contributed by atoms with Crippen molar-refractivity contribution in [2.45, 2.75) is 316 Å². The first-order valence-electron chi connectivity index (χ1n) is 27.4. The van der Waals surface area contributed by atoms with E-state index in [-0.39, 0.29) is 31.1 Å². The SMILES string of the molecule is CCCCCCCCCCCCCCCCCCC(=O)OC[C@H](COC(=O)CCCCCCCCCCCCCCCCCC(C)C)OC(=O)CCCCCCCCCCC. The summed E-state index contributed by atoms with van der Waals surface area (Å²) in [5.74, 6) is 0.00648. The lowest BCUT2D eigenvalue weighted by molar-refractivity contribution is -0.167. The lowest BCUT2D eigenvalue weighted by Gasteiger charge is -2.18. The molecule has 0 aromatic rings. The average molecular weight is 863 g/mol. The third-order valence-electron chi connectivity index (χ3n) is 12.5. The summed E-state index contributed by atoms with van der Waals surface area (Å²) in [6.45, 7) is 9.04. The van der Waals surface area contributed by atoms with Gasteiger partial charge in [-0.15, -0.1) is 0 Å². The number of ether oxygens (including phenoxy) is 3. The number of rotatable bonds is 50. The van der Waals surface area contributed by atoms with Crippen LogP contribution in [0.5, 0.6) is 0 Å². The van der Waals surface area contributed by atoms with Crippen LogP contribution in [0.3, 0.4) is 0 Å². The fourth-order valence-corrected chi connectivity index (χ4v) is 8.39. The van der Waals surface area contributed by atoms with Crippen LogP contribution in [0.2, 0.25) is 0 Å². The first-order valence-corrected chi connectivity index (χ1v) is 27.4. The highest BCUT2D eigenvalue weighted by molar-refractivity contribution is 5.71. The topological polar surface area (TPSA) is 78.9 Å². The molecule has 6 nitrogen and oxygen atoms in total. The molecule has 0 unspecified atom stereocenters. The summed E-state index contributed by atoms with van der Waals surface area (Å²) in [6.07, 6.45) is 52.4. The molecule has 0 saturated heterocycles. The van der Waals surface area contributed by atoms with Crippen molar-refractivity contribution in [1.82, 2.24) is 0 Å². The van der Waals surface area contributed by atoms with Gasteiger partial charge in [0.15, 0.2) is 6.10 Å². The number of hydrogen-bond donors (Lipinski definition) is 0. The molecule has 0 aliphatic rings. The van der Waals surface area contributed by atoms with Crippen molar-refractivity contribution in [2.75, 3.05) is 13.2 Å². The summed E-state index contributed by atoms with van der Waals surface area (Å²) in [7, 11) is 0. The van der Waals surface area contributed by atoms with Gasteiger partial charge in [-0.1, -0.05) is 272 Å². The van der Waals surface area contributed by atoms with Crippen molar-refractivity contribution in [3.63, 3.8) is 0 Å². The molecule has 0 aliphatic carbocycles. The smallest absolute Gasteiger partial charge is 0.306 e. The standard InChI is InChI=1S/C55H106O6/c1-5-7-9-11-13-15-16-17-18-21-24-27-31-34-38-42-46-53(56)59-49-52(61-55(58)48-44-40-36-29-14-12-10-8-6-2)50-60-54(57)47-43-39-35-32-28-25-22-19-20-23-26-30-33-37-41-45-51(3)4/h51-52H,5-50H2,1-4H3/t52-/m1/s1. The summed E-state index contributed by atoms with van der Waals surface area (Å²) < 4.78 is 16.8. The van der Waals surface area contributed by atoms with E-state index in [4.69, 9.17) is 14.2 Å². The lowest BCUT2D eigenvalue weighted by Crippen LogP contribution is -2.30. The Morgan fingerprint density at radius 2 is 0.541 bits per heavy atom. The van der Waals surface area contributed by atoms with E-state index in [1.165, 1.54) is 205 Å². The second-order valence-corrected chi connectivity index (χ2v) is 19.3. The van der Waals surface area contributed by atoms with Crippen molar-refractivity contribution in [3.8, 4) is 0 Å². The number of hydrogen-bond acceptors (Lipinski definition) is 6. The molecule has 0 amide bonds. The molecule has 0 heterocycles. The first-order chi connectivity index (χ1) is 29.9. The van der Waals surface area contributed by atoms with E-state index >= 15 is 0 Å². The Labute approximate surface area is 380 Å². The molecule has 0 aromatic heterocycles. The van der Waals surface area contributed by atoms with Crippen molar-refractivity contribution in [3.05, 3.63) is 0 Å². The Kier molecular flexibility index (Phi) is 48.1. The van der Waals surface area contributed by atoms with E-state index < -0.39 is 6.10 Å². The molecule has 61 heavy (non-hydrogen) atoms. The third kappa shape index (κ3) is 49.3. The Balaban J connectivity index is 4.20. The van der Waals surface area contributed by atoms with Gasteiger partial charge in [-0.3, -0.25) is 14.4 Å². The zero-order valence-corrected chi connectivity index (χ0v) is 41.6. The van der Waals surface area contributed by atoms with Crippen molar-refractivity contribution < 1.29 is 28.6 Å². The monoisotopic (exact) mass is 863 g/mol. The Bertz CT molecular complexity index is 918. The van der Waals surface area contributed by atoms with E-state index in [1.54, 1.807) is 0 Å². The van der Waals surface area contributed by atoms with Gasteiger partial charge in [0.1, 0.15) is 13.2 Å². The molecule has 0 fully saturated rings. The third-order valence-corrected chi connectivity index (χ3v) is 12.5. The number of esters is 3. The molecule has 362 valence electrons. The fraction of sp³-hybridized carbons (Fsp3) is 0.945. The second kappa shape index (κ2) is 49.4. The minimum atomic E-state index is -0.760. The quantitative estimate of drug-likeness (QED) is 0.0344. The summed E-state index contributed by atoms with van der Waals surface area (Å²) in [6, 6.07) is 0. The predicted octanol–water partition coefficient (Wildman–Crippen LogP) is 17.8. The van der Waals surface area contributed by atoms with Crippen LogP contribution in [-0.2, 0) is 28.6 Å². The first kappa shape index (κ1) is 59.4. The molecule has 0 rings (SSSR count). The summed E-state index contributed by atoms with van der Waals surface area (Å²) >= 11 is 0. The highest BCUT2D eigenvalue weighted by Gasteiger charge is 2.19. The molecule has 0 saturated carbocycles. The van der Waals surface area contributed by atoms with Gasteiger partial charge in [-0.05, 0) is 25.2 Å². The number of carbonyl (C=O) groups excluding carboxylic acids is 3. The highest BCUT2D eigenvalue weighted by Crippen LogP contribution is 2.17. The second-order valence-electron chi connectivity index (χ2n) is 19.3. The van der Waals surface area contributed by atoms with E-state index in [0.717, 1.165) is 63.7 Å². The van der Waals surface area contributed by atoms with Crippen LogP contribution in [0.25, 0.3) is 0 Å². The maximum Gasteiger partial charge on any atom is 0.306 e. The molecule has 0 aromatic carbocycles. The van der Waals surface area contributed by atoms with Crippen LogP contribution in [0, 0.1) is 5.92 Å². The molecule has 0 spiro atoms. The number of carbonyl (C=O) groups is 3. The molecule has 0 N–H and O–H groups in total. The van der Waals surface area contributed by atoms with Crippen molar-refractivity contribution in [2.24, 2.45) is 5.92 Å². The Morgan fingerprint density at radius 3 is 0.803 bits per heavy atom. The van der Waals surface area contributed by atoms with E-state index in [1.807, 2.05) is 0 Å². The van der Waals surface area contributed by atoms with Crippen LogP contribution in [-0.4, -0.2) is 37.2 Å². The highest BCUT2D eigenvalue weighted by atomic mass is 16.6. The minimum absolute atomic E-state index is 0.0625. The Morgan fingerprint density at radius 1 is 0.311 bits per heavy atom. The minimum Gasteiger partial charge on any atom is -0.462 e. The lowest BCUT2D eigenvalue weighted by atomic mass is 10.0. The van der Waals surface area contributed by atoms with Gasteiger partial charge in [0.05, 0.1) is 0 Å². The summed E-state index contributed by atoms with van der Waals surface area (Å²) in [5, 5.41) is 0. The molecule has 0 aliphatic heterocycles. The normalized spacial score (nSPS) is 12.0. The van der Waals surface area contributed by atoms with Crippen LogP contribution >= 0.6 is 0 Å². The van der Waals surface area contributed by atoms with E-state index in [0.29, 0.717) is 19.3 Å². The van der Waals surface area contributed by atoms with Gasteiger partial charge >= 0.3 is 17.9 Å². The van der Waals surface area contributed by atoms with Gasteiger partial charge < -0.3 is 14.2 Å². The molecular weight excluding hydrogens is 757 g/mol. The van der Waals surface area contributed by atoms with E-state index in [9.17, 15) is 14.4 Å². The zero-order chi connectivity index (χ0) is 44.5. The van der Waals surface area contributed by atoms with Gasteiger partial charge in [-0.2, -0.15) is 0 Å². The maximum absolute atomic E-state index is 12.7. The molecular formula is C55H106O6. The fourth-order valence-electron chi connectivity index (χ4n) is 8.39. The van der Waals surface area contributed by atoms with Gasteiger partial charge in [0.2, 0.25) is 0 Å². The molecule has 0 bridgehead atoms. The van der Waals surface area contributed by atoms with Gasteiger partial charge in [0, 0.05) is 19.3 Å². The largest absolute Gasteiger partial charge is 0.462 e. The van der Waals surface area contributed by atoms with Gasteiger partial charge in [-0.25, -0.2) is 0 Å². The molecule has 6 heteroatoms. The zero-order valence-electron chi connectivity index (χ0n) is 41.6. The molecule has 1 atom stereocenters.